The first-order chi connectivity index (χ1) is 16.2. The topological polar surface area (TPSA) is 147 Å². The SMILES string of the molecule is COc1cccc([C@@H]2C(=C(O)c3ccc([N+](=O)[O-])cc3)C(=O)C(=O)N2CCCCCC(=O)O)c1. The number of nitro benzene ring substituents is 1. The van der Waals surface area contributed by atoms with E-state index in [9.17, 15) is 29.6 Å². The van der Waals surface area contributed by atoms with Gasteiger partial charge in [0.1, 0.15) is 11.5 Å². The van der Waals surface area contributed by atoms with Gasteiger partial charge in [-0.05, 0) is 42.7 Å². The van der Waals surface area contributed by atoms with Crippen molar-refractivity contribution >= 4 is 29.1 Å². The van der Waals surface area contributed by atoms with Crippen LogP contribution in [0.5, 0.6) is 5.75 Å². The molecule has 1 aliphatic heterocycles. The highest BCUT2D eigenvalue weighted by Gasteiger charge is 2.45. The molecular weight excluding hydrogens is 444 g/mol. The third-order valence-corrected chi connectivity index (χ3v) is 5.59. The van der Waals surface area contributed by atoms with Crippen LogP contribution in [0.2, 0.25) is 0 Å². The second kappa shape index (κ2) is 10.6. The predicted molar refractivity (Wildman–Crippen MR) is 121 cm³/mol. The lowest BCUT2D eigenvalue weighted by atomic mass is 9.95. The van der Waals surface area contributed by atoms with E-state index < -0.39 is 34.4 Å². The molecule has 178 valence electrons. The number of nitro groups is 1. The largest absolute Gasteiger partial charge is 0.507 e. The number of aliphatic hydroxyl groups excluding tert-OH is 1. The minimum Gasteiger partial charge on any atom is -0.507 e. The maximum absolute atomic E-state index is 13.0. The lowest BCUT2D eigenvalue weighted by Gasteiger charge is -2.25. The molecule has 3 rings (SSSR count). The number of unbranched alkanes of at least 4 members (excludes halogenated alkanes) is 2. The molecule has 0 aromatic heterocycles. The van der Waals surface area contributed by atoms with Crippen molar-refractivity contribution in [1.29, 1.82) is 0 Å². The number of ether oxygens (including phenoxy) is 1. The molecule has 2 N–H and O–H groups in total. The van der Waals surface area contributed by atoms with Crippen LogP contribution in [0.4, 0.5) is 5.69 Å². The van der Waals surface area contributed by atoms with Crippen molar-refractivity contribution in [3.63, 3.8) is 0 Å². The third kappa shape index (κ3) is 5.22. The number of nitrogens with zero attached hydrogens (tertiary/aromatic N) is 2. The van der Waals surface area contributed by atoms with Gasteiger partial charge in [0.15, 0.2) is 0 Å². The molecule has 1 aliphatic rings. The van der Waals surface area contributed by atoms with Gasteiger partial charge in [0.2, 0.25) is 0 Å². The molecule has 1 atom stereocenters. The second-order valence-corrected chi connectivity index (χ2v) is 7.78. The van der Waals surface area contributed by atoms with Crippen LogP contribution < -0.4 is 4.74 Å². The number of carboxylic acid groups (broad SMARTS) is 1. The molecule has 0 unspecified atom stereocenters. The summed E-state index contributed by atoms with van der Waals surface area (Å²) in [6, 6.07) is 10.9. The van der Waals surface area contributed by atoms with Gasteiger partial charge in [0.05, 0.1) is 23.6 Å². The predicted octanol–water partition coefficient (Wildman–Crippen LogP) is 3.67. The van der Waals surface area contributed by atoms with E-state index in [1.807, 2.05) is 0 Å². The summed E-state index contributed by atoms with van der Waals surface area (Å²) in [6.45, 7) is 0.184. The number of rotatable bonds is 10. The lowest BCUT2D eigenvalue weighted by molar-refractivity contribution is -0.384. The molecule has 2 aromatic carbocycles. The standard InChI is InChI=1S/C24H24N2O8/c1-34-18-7-5-6-16(14-18)21-20(22(29)15-9-11-17(12-10-15)26(32)33)23(30)24(31)25(21)13-4-2-3-8-19(27)28/h5-7,9-12,14,21,29H,2-4,8,13H2,1H3,(H,27,28)/t21-/m1/s1. The van der Waals surface area contributed by atoms with E-state index in [-0.39, 0.29) is 29.8 Å². The number of non-ortho nitro benzene ring substituents is 1. The van der Waals surface area contributed by atoms with Gasteiger partial charge >= 0.3 is 5.97 Å². The molecule has 0 bridgehead atoms. The van der Waals surface area contributed by atoms with Crippen LogP contribution in [-0.4, -0.2) is 51.4 Å². The van der Waals surface area contributed by atoms with Crippen LogP contribution in [0.1, 0.15) is 42.9 Å². The van der Waals surface area contributed by atoms with Gasteiger partial charge in [-0.25, -0.2) is 0 Å². The van der Waals surface area contributed by atoms with Crippen molar-refractivity contribution in [1.82, 2.24) is 4.90 Å². The molecule has 2 aromatic rings. The molecule has 1 amide bonds. The van der Waals surface area contributed by atoms with Crippen LogP contribution in [0, 0.1) is 10.1 Å². The Morgan fingerprint density at radius 2 is 1.79 bits per heavy atom. The minimum atomic E-state index is -0.903. The number of amides is 1. The molecular formula is C24H24N2O8. The number of ketones is 1. The zero-order chi connectivity index (χ0) is 24.8. The highest BCUT2D eigenvalue weighted by molar-refractivity contribution is 6.46. The number of Topliss-reactive ketones (excluding diaryl/α,β-unsaturated/α-hetero) is 1. The fraction of sp³-hybridized carbons (Fsp3) is 0.292. The first-order valence-electron chi connectivity index (χ1n) is 10.6. The summed E-state index contributed by atoms with van der Waals surface area (Å²) >= 11 is 0. The molecule has 0 saturated carbocycles. The van der Waals surface area contributed by atoms with Crippen molar-refractivity contribution in [2.45, 2.75) is 31.7 Å². The number of likely N-dealkylation sites (tertiary alicyclic amines) is 1. The second-order valence-electron chi connectivity index (χ2n) is 7.78. The van der Waals surface area contributed by atoms with Crippen LogP contribution in [0.25, 0.3) is 5.76 Å². The normalized spacial score (nSPS) is 17.1. The number of carbonyl (C=O) groups excluding carboxylic acids is 2. The Labute approximate surface area is 195 Å². The Hall–Kier alpha value is -4.21. The number of methoxy groups -OCH3 is 1. The maximum Gasteiger partial charge on any atom is 0.303 e. The van der Waals surface area contributed by atoms with Crippen molar-refractivity contribution in [2.24, 2.45) is 0 Å². The zero-order valence-corrected chi connectivity index (χ0v) is 18.5. The summed E-state index contributed by atoms with van der Waals surface area (Å²) in [4.78, 5) is 48.4. The molecule has 0 radical (unpaired) electrons. The van der Waals surface area contributed by atoms with Crippen molar-refractivity contribution in [3.05, 3.63) is 75.3 Å². The molecule has 34 heavy (non-hydrogen) atoms. The van der Waals surface area contributed by atoms with Gasteiger partial charge in [0.25, 0.3) is 17.4 Å². The minimum absolute atomic E-state index is 0.0122. The van der Waals surface area contributed by atoms with Gasteiger partial charge in [0, 0.05) is 30.7 Å². The van der Waals surface area contributed by atoms with Gasteiger partial charge in [-0.1, -0.05) is 18.6 Å². The monoisotopic (exact) mass is 468 g/mol. The first kappa shape index (κ1) is 24.4. The summed E-state index contributed by atoms with van der Waals surface area (Å²) in [5.74, 6) is -2.49. The molecule has 10 nitrogen and oxygen atoms in total. The van der Waals surface area contributed by atoms with Gasteiger partial charge in [-0.3, -0.25) is 24.5 Å². The average molecular weight is 468 g/mol. The number of hydrogen-bond donors (Lipinski definition) is 2. The lowest BCUT2D eigenvalue weighted by Crippen LogP contribution is -2.30. The number of hydrogen-bond acceptors (Lipinski definition) is 7. The van der Waals surface area contributed by atoms with E-state index in [0.717, 1.165) is 0 Å². The third-order valence-electron chi connectivity index (χ3n) is 5.59. The maximum atomic E-state index is 13.0. The smallest absolute Gasteiger partial charge is 0.303 e. The number of aliphatic carboxylic acids is 1. The number of benzene rings is 2. The van der Waals surface area contributed by atoms with Gasteiger partial charge in [-0.15, -0.1) is 0 Å². The fourth-order valence-corrected chi connectivity index (χ4v) is 3.90. The van der Waals surface area contributed by atoms with E-state index in [0.29, 0.717) is 30.6 Å². The molecule has 1 heterocycles. The summed E-state index contributed by atoms with van der Waals surface area (Å²) < 4.78 is 5.27. The molecule has 0 aliphatic carbocycles. The zero-order valence-electron chi connectivity index (χ0n) is 18.5. The van der Waals surface area contributed by atoms with Crippen molar-refractivity contribution < 1.29 is 34.3 Å². The van der Waals surface area contributed by atoms with Crippen LogP contribution in [0.15, 0.2) is 54.1 Å². The van der Waals surface area contributed by atoms with E-state index in [4.69, 9.17) is 9.84 Å². The van der Waals surface area contributed by atoms with Crippen LogP contribution >= 0.6 is 0 Å². The summed E-state index contributed by atoms with van der Waals surface area (Å²) in [5, 5.41) is 30.7. The first-order valence-corrected chi connectivity index (χ1v) is 10.6. The Balaban J connectivity index is 2.01. The average Bonchev–Trinajstić information content (AvgIpc) is 3.08. The molecule has 0 spiro atoms. The quantitative estimate of drug-likeness (QED) is 0.134. The fourth-order valence-electron chi connectivity index (χ4n) is 3.90. The van der Waals surface area contributed by atoms with E-state index in [2.05, 4.69) is 0 Å². The molecule has 1 saturated heterocycles. The number of carboxylic acids is 1. The number of carbonyl (C=O) groups is 3. The Morgan fingerprint density at radius 3 is 2.41 bits per heavy atom. The van der Waals surface area contributed by atoms with Gasteiger partial charge < -0.3 is 19.8 Å². The van der Waals surface area contributed by atoms with Crippen LogP contribution in [0.3, 0.4) is 0 Å². The van der Waals surface area contributed by atoms with E-state index >= 15 is 0 Å². The summed E-state index contributed by atoms with van der Waals surface area (Å²) in [5.41, 5.74) is 0.408. The number of aliphatic hydroxyl groups is 1. The highest BCUT2D eigenvalue weighted by Crippen LogP contribution is 2.40. The van der Waals surface area contributed by atoms with Crippen LogP contribution in [-0.2, 0) is 14.4 Å². The summed E-state index contributed by atoms with van der Waals surface area (Å²) in [7, 11) is 1.48. The highest BCUT2D eigenvalue weighted by atomic mass is 16.6. The molecule has 10 heteroatoms. The molecule has 1 fully saturated rings. The Bertz CT molecular complexity index is 1140. The van der Waals surface area contributed by atoms with E-state index in [1.165, 1.54) is 36.3 Å². The Morgan fingerprint density at radius 1 is 1.09 bits per heavy atom. The van der Waals surface area contributed by atoms with E-state index in [1.54, 1.807) is 24.3 Å². The van der Waals surface area contributed by atoms with Gasteiger partial charge in [-0.2, -0.15) is 0 Å². The van der Waals surface area contributed by atoms with Crippen molar-refractivity contribution in [2.75, 3.05) is 13.7 Å². The summed E-state index contributed by atoms with van der Waals surface area (Å²) in [6.07, 6.45) is 1.46. The Kier molecular flexibility index (Phi) is 7.62. The van der Waals surface area contributed by atoms with Crippen molar-refractivity contribution in [3.8, 4) is 5.75 Å².